The minimum Gasteiger partial charge on any atom is -0.508 e. The van der Waals surface area contributed by atoms with Gasteiger partial charge in [0.2, 0.25) is 0 Å². The average molecular weight is 519 g/mol. The molecule has 0 atom stereocenters. The second-order valence-electron chi connectivity index (χ2n) is 8.99. The summed E-state index contributed by atoms with van der Waals surface area (Å²) in [5.41, 5.74) is 7.84. The molecule has 0 radical (unpaired) electrons. The first kappa shape index (κ1) is 25.8. The van der Waals surface area contributed by atoms with Gasteiger partial charge < -0.3 is 14.6 Å². The van der Waals surface area contributed by atoms with Gasteiger partial charge in [-0.2, -0.15) is 5.10 Å². The molecule has 0 fully saturated rings. The number of aromatic hydroxyl groups is 1. The molecular weight excluding hydrogens is 488 g/mol. The van der Waals surface area contributed by atoms with Gasteiger partial charge in [0.05, 0.1) is 18.0 Å². The molecule has 5 rings (SSSR count). The summed E-state index contributed by atoms with van der Waals surface area (Å²) in [4.78, 5) is 11.8. The third-order valence-electron chi connectivity index (χ3n) is 6.46. The summed E-state index contributed by atoms with van der Waals surface area (Å²) >= 11 is 0. The van der Waals surface area contributed by atoms with Crippen molar-refractivity contribution in [3.05, 3.63) is 109 Å². The number of ether oxygens (including phenoxy) is 2. The lowest BCUT2D eigenvalue weighted by Gasteiger charge is -2.14. The van der Waals surface area contributed by atoms with Gasteiger partial charge in [0.25, 0.3) is 0 Å². The van der Waals surface area contributed by atoms with Gasteiger partial charge in [-0.3, -0.25) is 0 Å². The molecule has 5 aromatic rings. The minimum atomic E-state index is -0.400. The first-order chi connectivity index (χ1) is 19.1. The molecule has 0 amide bonds. The zero-order valence-electron chi connectivity index (χ0n) is 22.0. The lowest BCUT2D eigenvalue weighted by Crippen LogP contribution is -2.14. The van der Waals surface area contributed by atoms with Crippen molar-refractivity contribution < 1.29 is 19.4 Å². The minimum absolute atomic E-state index is 0.144. The number of rotatable bonds is 9. The number of carbonyl (C=O) groups is 1. The number of hydrogen-bond donors (Lipinski definition) is 1. The molecule has 0 saturated heterocycles. The van der Waals surface area contributed by atoms with E-state index in [-0.39, 0.29) is 12.4 Å². The number of carbonyl (C=O) groups excluding carboxylic acids is 1. The summed E-state index contributed by atoms with van der Waals surface area (Å²) in [5.74, 6) is 0.398. The van der Waals surface area contributed by atoms with Crippen LogP contribution in [0.1, 0.15) is 19.5 Å². The zero-order valence-corrected chi connectivity index (χ0v) is 22.0. The Morgan fingerprint density at radius 1 is 0.821 bits per heavy atom. The van der Waals surface area contributed by atoms with E-state index in [1.165, 1.54) is 0 Å². The standard InChI is InChI=1S/C33H30N2O4/c1-3-29-32(23-11-6-5-7-12-23)33(24-17-19-26(36)20-18-24)34-35(29)30-16-9-8-15-28(30)25-13-10-14-27(21-25)39-22-31(37)38-4-2/h5-21,36H,3-4,22H2,1-2H3. The number of aromatic nitrogens is 2. The van der Waals surface area contributed by atoms with Crippen LogP contribution in [0.25, 0.3) is 39.2 Å². The zero-order chi connectivity index (χ0) is 27.2. The molecule has 0 unspecified atom stereocenters. The normalized spacial score (nSPS) is 10.8. The van der Waals surface area contributed by atoms with Crippen LogP contribution in [0.2, 0.25) is 0 Å². The van der Waals surface area contributed by atoms with Crippen LogP contribution in [0.5, 0.6) is 11.5 Å². The Balaban J connectivity index is 1.64. The largest absolute Gasteiger partial charge is 0.508 e. The fourth-order valence-corrected chi connectivity index (χ4v) is 4.71. The van der Waals surface area contributed by atoms with Crippen molar-refractivity contribution in [1.29, 1.82) is 0 Å². The Labute approximate surface area is 228 Å². The Morgan fingerprint density at radius 3 is 2.28 bits per heavy atom. The van der Waals surface area contributed by atoms with Crippen LogP contribution >= 0.6 is 0 Å². The molecule has 0 aliphatic rings. The highest BCUT2D eigenvalue weighted by molar-refractivity contribution is 5.84. The Kier molecular flexibility index (Phi) is 7.73. The molecule has 0 saturated carbocycles. The maximum atomic E-state index is 11.8. The van der Waals surface area contributed by atoms with Crippen molar-refractivity contribution in [2.24, 2.45) is 0 Å². The van der Waals surface area contributed by atoms with Crippen molar-refractivity contribution >= 4 is 5.97 Å². The van der Waals surface area contributed by atoms with Crippen molar-refractivity contribution in [2.75, 3.05) is 13.2 Å². The monoisotopic (exact) mass is 518 g/mol. The third kappa shape index (κ3) is 5.55. The van der Waals surface area contributed by atoms with E-state index in [0.29, 0.717) is 12.4 Å². The van der Waals surface area contributed by atoms with Gasteiger partial charge in [-0.05, 0) is 66.9 Å². The SMILES string of the molecule is CCOC(=O)COc1cccc(-c2ccccc2-n2nc(-c3ccc(O)cc3)c(-c3ccccc3)c2CC)c1. The highest BCUT2D eigenvalue weighted by atomic mass is 16.6. The topological polar surface area (TPSA) is 73.6 Å². The van der Waals surface area contributed by atoms with Gasteiger partial charge >= 0.3 is 5.97 Å². The van der Waals surface area contributed by atoms with E-state index in [4.69, 9.17) is 14.6 Å². The number of para-hydroxylation sites is 1. The number of phenols is 1. The van der Waals surface area contributed by atoms with Crippen molar-refractivity contribution in [3.8, 4) is 50.7 Å². The Hall–Kier alpha value is -4.84. The molecule has 0 aliphatic heterocycles. The molecule has 1 heterocycles. The maximum Gasteiger partial charge on any atom is 0.344 e. The lowest BCUT2D eigenvalue weighted by molar-refractivity contribution is -0.145. The maximum absolute atomic E-state index is 11.8. The van der Waals surface area contributed by atoms with Gasteiger partial charge in [0.15, 0.2) is 6.61 Å². The molecule has 196 valence electrons. The number of hydrogen-bond acceptors (Lipinski definition) is 5. The van der Waals surface area contributed by atoms with E-state index >= 15 is 0 Å². The van der Waals surface area contributed by atoms with Gasteiger partial charge in [-0.1, -0.05) is 67.6 Å². The van der Waals surface area contributed by atoms with Crippen LogP contribution in [0, 0.1) is 0 Å². The molecule has 6 nitrogen and oxygen atoms in total. The number of esters is 1. The van der Waals surface area contributed by atoms with E-state index in [2.05, 4.69) is 31.2 Å². The van der Waals surface area contributed by atoms with Gasteiger partial charge in [-0.25, -0.2) is 9.48 Å². The van der Waals surface area contributed by atoms with Crippen molar-refractivity contribution in [1.82, 2.24) is 9.78 Å². The quantitative estimate of drug-likeness (QED) is 0.211. The molecule has 1 N–H and O–H groups in total. The molecule has 6 heteroatoms. The fourth-order valence-electron chi connectivity index (χ4n) is 4.71. The van der Waals surface area contributed by atoms with Crippen LogP contribution in [0.15, 0.2) is 103 Å². The van der Waals surface area contributed by atoms with Gasteiger partial charge in [0.1, 0.15) is 17.2 Å². The van der Waals surface area contributed by atoms with E-state index in [9.17, 15) is 9.90 Å². The fraction of sp³-hybridized carbons (Fsp3) is 0.152. The molecule has 0 spiro atoms. The van der Waals surface area contributed by atoms with E-state index in [0.717, 1.165) is 51.3 Å². The summed E-state index contributed by atoms with van der Waals surface area (Å²) in [6, 6.07) is 33.2. The van der Waals surface area contributed by atoms with Gasteiger partial charge in [0, 0.05) is 16.7 Å². The predicted octanol–water partition coefficient (Wildman–Crippen LogP) is 7.08. The molecular formula is C33H30N2O4. The van der Waals surface area contributed by atoms with Crippen LogP contribution in [0.3, 0.4) is 0 Å². The molecule has 4 aromatic carbocycles. The number of nitrogens with zero attached hydrogens (tertiary/aromatic N) is 2. The van der Waals surface area contributed by atoms with E-state index in [1.807, 2.05) is 71.4 Å². The smallest absolute Gasteiger partial charge is 0.344 e. The molecule has 0 aliphatic carbocycles. The number of benzene rings is 4. The van der Waals surface area contributed by atoms with E-state index in [1.54, 1.807) is 19.1 Å². The van der Waals surface area contributed by atoms with Crippen LogP contribution in [-0.4, -0.2) is 34.1 Å². The van der Waals surface area contributed by atoms with Gasteiger partial charge in [-0.15, -0.1) is 0 Å². The molecule has 0 bridgehead atoms. The van der Waals surface area contributed by atoms with Crippen LogP contribution < -0.4 is 4.74 Å². The third-order valence-corrected chi connectivity index (χ3v) is 6.46. The Morgan fingerprint density at radius 2 is 1.54 bits per heavy atom. The molecule has 39 heavy (non-hydrogen) atoms. The first-order valence-electron chi connectivity index (χ1n) is 13.0. The summed E-state index contributed by atoms with van der Waals surface area (Å²) in [6.45, 7) is 4.07. The average Bonchev–Trinajstić information content (AvgIpc) is 3.37. The summed E-state index contributed by atoms with van der Waals surface area (Å²) in [6.07, 6.45) is 0.756. The lowest BCUT2D eigenvalue weighted by atomic mass is 9.97. The highest BCUT2D eigenvalue weighted by Gasteiger charge is 2.22. The second-order valence-corrected chi connectivity index (χ2v) is 8.99. The summed E-state index contributed by atoms with van der Waals surface area (Å²) in [5, 5.41) is 15.1. The summed E-state index contributed by atoms with van der Waals surface area (Å²) < 4.78 is 12.7. The van der Waals surface area contributed by atoms with Crippen molar-refractivity contribution in [2.45, 2.75) is 20.3 Å². The number of phenolic OH excluding ortho intramolecular Hbond substituents is 1. The summed E-state index contributed by atoms with van der Waals surface area (Å²) in [7, 11) is 0. The van der Waals surface area contributed by atoms with Crippen molar-refractivity contribution in [3.63, 3.8) is 0 Å². The second kappa shape index (κ2) is 11.7. The van der Waals surface area contributed by atoms with E-state index < -0.39 is 5.97 Å². The molecule has 1 aromatic heterocycles. The van der Waals surface area contributed by atoms with Crippen LogP contribution in [0.4, 0.5) is 0 Å². The first-order valence-corrected chi connectivity index (χ1v) is 13.0. The Bertz CT molecular complexity index is 1570. The predicted molar refractivity (Wildman–Crippen MR) is 153 cm³/mol. The van der Waals surface area contributed by atoms with Crippen LogP contribution in [-0.2, 0) is 16.0 Å². The highest BCUT2D eigenvalue weighted by Crippen LogP contribution is 2.38.